The van der Waals surface area contributed by atoms with Crippen LogP contribution in [0.3, 0.4) is 0 Å². The Morgan fingerprint density at radius 3 is 2.42 bits per heavy atom. The van der Waals surface area contributed by atoms with Gasteiger partial charge in [-0.1, -0.05) is 23.7 Å². The van der Waals surface area contributed by atoms with Crippen molar-refractivity contribution in [2.45, 2.75) is 13.5 Å². The summed E-state index contributed by atoms with van der Waals surface area (Å²) in [6.07, 6.45) is 0. The van der Waals surface area contributed by atoms with Crippen molar-refractivity contribution in [3.63, 3.8) is 0 Å². The number of hydrogen-bond donors (Lipinski definition) is 0. The van der Waals surface area contributed by atoms with E-state index in [-0.39, 0.29) is 0 Å². The zero-order valence-electron chi connectivity index (χ0n) is 11.0. The van der Waals surface area contributed by atoms with E-state index >= 15 is 0 Å². The molecule has 2 rings (SSSR count). The minimum atomic E-state index is 0.726. The Morgan fingerprint density at radius 2 is 1.84 bits per heavy atom. The fraction of sp³-hybridized carbons (Fsp3) is 0.188. The lowest BCUT2D eigenvalue weighted by Gasteiger charge is -2.20. The molecule has 0 heterocycles. The highest BCUT2D eigenvalue weighted by atomic mass is 35.5. The average molecular weight is 271 g/mol. The largest absolute Gasteiger partial charge is 0.370 e. The normalized spacial score (nSPS) is 10.0. The molecule has 0 unspecified atom stereocenters. The van der Waals surface area contributed by atoms with Crippen LogP contribution in [0, 0.1) is 18.3 Å². The Hall–Kier alpha value is -1.98. The van der Waals surface area contributed by atoms with Gasteiger partial charge >= 0.3 is 0 Å². The fourth-order valence-corrected chi connectivity index (χ4v) is 2.09. The molecule has 2 nitrogen and oxygen atoms in total. The van der Waals surface area contributed by atoms with E-state index in [2.05, 4.69) is 11.0 Å². The Labute approximate surface area is 118 Å². The molecule has 2 aromatic rings. The molecular formula is C16H15ClN2. The maximum absolute atomic E-state index is 8.93. The summed E-state index contributed by atoms with van der Waals surface area (Å²) in [5.74, 6) is 0. The number of hydrogen-bond acceptors (Lipinski definition) is 2. The molecule has 96 valence electrons. The molecule has 0 aromatic heterocycles. The summed E-state index contributed by atoms with van der Waals surface area (Å²) in [4.78, 5) is 2.15. The van der Waals surface area contributed by atoms with Crippen molar-refractivity contribution in [2.75, 3.05) is 11.9 Å². The van der Waals surface area contributed by atoms with Crippen molar-refractivity contribution in [1.82, 2.24) is 0 Å². The highest BCUT2D eigenvalue weighted by Gasteiger charge is 2.05. The number of aryl methyl sites for hydroxylation is 1. The van der Waals surface area contributed by atoms with E-state index in [4.69, 9.17) is 16.9 Å². The first-order valence-corrected chi connectivity index (χ1v) is 6.44. The third-order valence-electron chi connectivity index (χ3n) is 3.10. The molecule has 0 atom stereocenters. The van der Waals surface area contributed by atoms with Crippen molar-refractivity contribution in [1.29, 1.82) is 5.26 Å². The molecule has 0 bridgehead atoms. The van der Waals surface area contributed by atoms with Crippen LogP contribution in [0.4, 0.5) is 5.69 Å². The van der Waals surface area contributed by atoms with Crippen LogP contribution in [-0.4, -0.2) is 7.05 Å². The SMILES string of the molecule is Cc1cc(N(C)Cc2ccc(Cl)cc2)ccc1C#N. The van der Waals surface area contributed by atoms with Gasteiger partial charge in [0.05, 0.1) is 11.6 Å². The number of rotatable bonds is 3. The van der Waals surface area contributed by atoms with Crippen molar-refractivity contribution < 1.29 is 0 Å². The number of benzene rings is 2. The molecule has 0 saturated heterocycles. The van der Waals surface area contributed by atoms with Gasteiger partial charge in [0.1, 0.15) is 0 Å². The summed E-state index contributed by atoms with van der Waals surface area (Å²) in [6, 6.07) is 15.9. The smallest absolute Gasteiger partial charge is 0.0994 e. The van der Waals surface area contributed by atoms with Gasteiger partial charge in [0.25, 0.3) is 0 Å². The number of nitriles is 1. The summed E-state index contributed by atoms with van der Waals surface area (Å²) >= 11 is 5.88. The minimum Gasteiger partial charge on any atom is -0.370 e. The van der Waals surface area contributed by atoms with Crippen LogP contribution in [-0.2, 0) is 6.54 Å². The van der Waals surface area contributed by atoms with Crippen LogP contribution in [0.1, 0.15) is 16.7 Å². The predicted molar refractivity (Wildman–Crippen MR) is 79.5 cm³/mol. The van der Waals surface area contributed by atoms with Crippen molar-refractivity contribution in [2.24, 2.45) is 0 Å². The van der Waals surface area contributed by atoms with Crippen LogP contribution in [0.5, 0.6) is 0 Å². The highest BCUT2D eigenvalue weighted by molar-refractivity contribution is 6.30. The standard InChI is InChI=1S/C16H15ClN2/c1-12-9-16(8-5-14(12)10-18)19(2)11-13-3-6-15(17)7-4-13/h3-9H,11H2,1-2H3. The first-order chi connectivity index (χ1) is 9.10. The Balaban J connectivity index is 2.16. The molecule has 19 heavy (non-hydrogen) atoms. The number of anilines is 1. The summed E-state index contributed by atoms with van der Waals surface area (Å²) in [5, 5.41) is 9.68. The van der Waals surface area contributed by atoms with Crippen LogP contribution in [0.2, 0.25) is 5.02 Å². The second-order valence-corrected chi connectivity index (χ2v) is 5.03. The molecule has 0 saturated carbocycles. The third-order valence-corrected chi connectivity index (χ3v) is 3.36. The molecule has 0 N–H and O–H groups in total. The molecule has 3 heteroatoms. The Kier molecular flexibility index (Phi) is 4.09. The first-order valence-electron chi connectivity index (χ1n) is 6.06. The second kappa shape index (κ2) is 5.77. The zero-order chi connectivity index (χ0) is 13.8. The van der Waals surface area contributed by atoms with E-state index in [1.54, 1.807) is 0 Å². The van der Waals surface area contributed by atoms with Gasteiger partial charge in [-0.2, -0.15) is 5.26 Å². The Morgan fingerprint density at radius 1 is 1.16 bits per heavy atom. The van der Waals surface area contributed by atoms with Gasteiger partial charge in [-0.25, -0.2) is 0 Å². The van der Waals surface area contributed by atoms with Crippen LogP contribution < -0.4 is 4.90 Å². The van der Waals surface area contributed by atoms with E-state index in [1.807, 2.05) is 56.4 Å². The van der Waals surface area contributed by atoms with Crippen molar-refractivity contribution in [3.05, 3.63) is 64.2 Å². The van der Waals surface area contributed by atoms with Crippen LogP contribution in [0.25, 0.3) is 0 Å². The Bertz CT molecular complexity index is 612. The molecular weight excluding hydrogens is 256 g/mol. The van der Waals surface area contributed by atoms with Gasteiger partial charge < -0.3 is 4.90 Å². The lowest BCUT2D eigenvalue weighted by molar-refractivity contribution is 0.922. The van der Waals surface area contributed by atoms with Crippen LogP contribution in [0.15, 0.2) is 42.5 Å². The zero-order valence-corrected chi connectivity index (χ0v) is 11.8. The summed E-state index contributed by atoms with van der Waals surface area (Å²) < 4.78 is 0. The van der Waals surface area contributed by atoms with E-state index in [0.29, 0.717) is 0 Å². The molecule has 0 aliphatic heterocycles. The van der Waals surface area contributed by atoms with E-state index in [9.17, 15) is 0 Å². The molecule has 0 spiro atoms. The van der Waals surface area contributed by atoms with Gasteiger partial charge in [-0.15, -0.1) is 0 Å². The predicted octanol–water partition coefficient (Wildman–Crippen LogP) is 4.16. The maximum atomic E-state index is 8.93. The summed E-state index contributed by atoms with van der Waals surface area (Å²) in [5.41, 5.74) is 4.03. The van der Waals surface area contributed by atoms with Gasteiger partial charge in [0.15, 0.2) is 0 Å². The van der Waals surface area contributed by atoms with E-state index in [1.165, 1.54) is 5.56 Å². The molecule has 0 fully saturated rings. The molecule has 0 aliphatic carbocycles. The monoisotopic (exact) mass is 270 g/mol. The molecule has 0 radical (unpaired) electrons. The van der Waals surface area contributed by atoms with Crippen LogP contribution >= 0.6 is 11.6 Å². The lowest BCUT2D eigenvalue weighted by atomic mass is 10.1. The number of halogens is 1. The highest BCUT2D eigenvalue weighted by Crippen LogP contribution is 2.20. The van der Waals surface area contributed by atoms with Gasteiger partial charge in [0.2, 0.25) is 0 Å². The third kappa shape index (κ3) is 3.27. The first kappa shape index (κ1) is 13.5. The minimum absolute atomic E-state index is 0.726. The number of nitrogens with zero attached hydrogens (tertiary/aromatic N) is 2. The van der Waals surface area contributed by atoms with Gasteiger partial charge in [-0.05, 0) is 48.4 Å². The second-order valence-electron chi connectivity index (χ2n) is 4.59. The van der Waals surface area contributed by atoms with Crippen molar-refractivity contribution >= 4 is 17.3 Å². The average Bonchev–Trinajstić information content (AvgIpc) is 2.41. The summed E-state index contributed by atoms with van der Waals surface area (Å²) in [7, 11) is 2.04. The fourth-order valence-electron chi connectivity index (χ4n) is 1.97. The maximum Gasteiger partial charge on any atom is 0.0994 e. The lowest BCUT2D eigenvalue weighted by Crippen LogP contribution is -2.16. The molecule has 2 aromatic carbocycles. The van der Waals surface area contributed by atoms with Gasteiger partial charge in [0, 0.05) is 24.3 Å². The quantitative estimate of drug-likeness (QED) is 0.837. The summed E-state index contributed by atoms with van der Waals surface area (Å²) in [6.45, 7) is 2.76. The van der Waals surface area contributed by atoms with Gasteiger partial charge in [-0.3, -0.25) is 0 Å². The van der Waals surface area contributed by atoms with E-state index < -0.39 is 0 Å². The molecule has 0 aliphatic rings. The van der Waals surface area contributed by atoms with Crippen molar-refractivity contribution in [3.8, 4) is 6.07 Å². The van der Waals surface area contributed by atoms with E-state index in [0.717, 1.165) is 28.4 Å². The molecule has 0 amide bonds. The topological polar surface area (TPSA) is 27.0 Å².